The van der Waals surface area contributed by atoms with E-state index in [1.54, 1.807) is 42.5 Å². The second-order valence-electron chi connectivity index (χ2n) is 8.97. The van der Waals surface area contributed by atoms with Crippen LogP contribution in [0.1, 0.15) is 27.6 Å². The van der Waals surface area contributed by atoms with Gasteiger partial charge in [0.2, 0.25) is 5.95 Å². The molecule has 188 valence electrons. The Balaban J connectivity index is 1.41. The molecule has 2 aromatic carbocycles. The van der Waals surface area contributed by atoms with Crippen LogP contribution in [-0.2, 0) is 11.2 Å². The molecule has 0 spiro atoms. The highest BCUT2D eigenvalue weighted by Crippen LogP contribution is 2.34. The summed E-state index contributed by atoms with van der Waals surface area (Å²) in [7, 11) is 0. The summed E-state index contributed by atoms with van der Waals surface area (Å²) in [6.07, 6.45) is -4.09. The maximum absolute atomic E-state index is 14.8. The second kappa shape index (κ2) is 9.51. The highest BCUT2D eigenvalue weighted by Gasteiger charge is 2.33. The largest absolute Gasteiger partial charge is 0.401 e. The van der Waals surface area contributed by atoms with Gasteiger partial charge in [0.05, 0.1) is 19.3 Å². The summed E-state index contributed by atoms with van der Waals surface area (Å²) in [5, 5.41) is 2.80. The number of halogens is 4. The summed E-state index contributed by atoms with van der Waals surface area (Å²) in [6, 6.07) is 13.8. The molecule has 36 heavy (non-hydrogen) atoms. The van der Waals surface area contributed by atoms with Crippen molar-refractivity contribution in [1.29, 1.82) is 0 Å². The van der Waals surface area contributed by atoms with E-state index in [9.17, 15) is 22.4 Å². The Kier molecular flexibility index (Phi) is 6.40. The van der Waals surface area contributed by atoms with E-state index >= 15 is 0 Å². The van der Waals surface area contributed by atoms with Crippen molar-refractivity contribution in [1.82, 2.24) is 15.2 Å². The summed E-state index contributed by atoms with van der Waals surface area (Å²) in [5.41, 5.74) is 10.3. The summed E-state index contributed by atoms with van der Waals surface area (Å²) in [5.74, 6) is -0.822. The number of fused-ring (bicyclic) bond motifs is 1. The van der Waals surface area contributed by atoms with Gasteiger partial charge in [-0.3, -0.25) is 9.69 Å². The van der Waals surface area contributed by atoms with E-state index in [4.69, 9.17) is 10.5 Å². The van der Waals surface area contributed by atoms with E-state index in [1.165, 1.54) is 4.90 Å². The van der Waals surface area contributed by atoms with Gasteiger partial charge in [-0.1, -0.05) is 36.4 Å². The van der Waals surface area contributed by atoms with Gasteiger partial charge in [-0.05, 0) is 40.8 Å². The molecule has 1 saturated heterocycles. The predicted molar refractivity (Wildman–Crippen MR) is 127 cm³/mol. The molecule has 3 heterocycles. The highest BCUT2D eigenvalue weighted by atomic mass is 19.4. The maximum atomic E-state index is 14.8. The quantitative estimate of drug-likeness (QED) is 0.411. The maximum Gasteiger partial charge on any atom is 0.401 e. The Morgan fingerprint density at radius 1 is 1.06 bits per heavy atom. The van der Waals surface area contributed by atoms with Crippen LogP contribution >= 0.6 is 0 Å². The SMILES string of the molecule is Nc1nc(F)c(-c2ccc(C3CN(CC(F)(F)F)CCO3)cc2)cc1-c1ccc2c(c1)CCNC2=O. The molecule has 6 nitrogen and oxygen atoms in total. The van der Waals surface area contributed by atoms with Crippen molar-refractivity contribution >= 4 is 11.7 Å². The number of amides is 1. The average molecular weight is 500 g/mol. The van der Waals surface area contributed by atoms with Gasteiger partial charge in [-0.25, -0.2) is 4.98 Å². The number of carbonyl (C=O) groups is 1. The Morgan fingerprint density at radius 2 is 1.81 bits per heavy atom. The van der Waals surface area contributed by atoms with Gasteiger partial charge >= 0.3 is 6.18 Å². The molecule has 3 N–H and O–H groups in total. The van der Waals surface area contributed by atoms with Gasteiger partial charge in [-0.2, -0.15) is 17.6 Å². The van der Waals surface area contributed by atoms with E-state index < -0.39 is 24.8 Å². The Morgan fingerprint density at radius 3 is 2.56 bits per heavy atom. The van der Waals surface area contributed by atoms with Crippen molar-refractivity contribution in [2.24, 2.45) is 0 Å². The van der Waals surface area contributed by atoms with Gasteiger partial charge < -0.3 is 15.8 Å². The Bertz CT molecular complexity index is 1290. The molecule has 2 aliphatic heterocycles. The lowest BCUT2D eigenvalue weighted by Gasteiger charge is -2.33. The minimum absolute atomic E-state index is 0.0356. The molecule has 2 aliphatic rings. The summed E-state index contributed by atoms with van der Waals surface area (Å²) in [6.45, 7) is 0.0978. The van der Waals surface area contributed by atoms with Crippen LogP contribution < -0.4 is 11.1 Å². The molecule has 0 aliphatic carbocycles. The molecule has 1 fully saturated rings. The lowest BCUT2D eigenvalue weighted by Crippen LogP contribution is -2.43. The number of ether oxygens (including phenoxy) is 1. The van der Waals surface area contributed by atoms with Crippen LogP contribution in [0.3, 0.4) is 0 Å². The molecular weight excluding hydrogens is 476 g/mol. The minimum atomic E-state index is -4.27. The van der Waals surface area contributed by atoms with E-state index in [0.717, 1.165) is 11.1 Å². The van der Waals surface area contributed by atoms with Crippen molar-refractivity contribution < 1.29 is 27.1 Å². The number of pyridine rings is 1. The number of morpholine rings is 1. The Labute approximate surface area is 205 Å². The van der Waals surface area contributed by atoms with Crippen molar-refractivity contribution in [2.45, 2.75) is 18.7 Å². The monoisotopic (exact) mass is 500 g/mol. The van der Waals surface area contributed by atoms with E-state index in [2.05, 4.69) is 10.3 Å². The molecular formula is C26H24F4N4O2. The van der Waals surface area contributed by atoms with Crippen molar-refractivity contribution in [3.63, 3.8) is 0 Å². The van der Waals surface area contributed by atoms with Crippen molar-refractivity contribution in [2.75, 3.05) is 38.5 Å². The number of rotatable bonds is 4. The molecule has 1 unspecified atom stereocenters. The molecule has 0 saturated carbocycles. The number of nitrogen functional groups attached to an aromatic ring is 1. The topological polar surface area (TPSA) is 80.5 Å². The number of nitrogens with zero attached hydrogens (tertiary/aromatic N) is 2. The van der Waals surface area contributed by atoms with Crippen LogP contribution in [0.4, 0.5) is 23.4 Å². The third-order valence-electron chi connectivity index (χ3n) is 6.49. The molecule has 10 heteroatoms. The zero-order valence-electron chi connectivity index (χ0n) is 19.2. The van der Waals surface area contributed by atoms with Crippen LogP contribution in [0.5, 0.6) is 0 Å². The molecule has 0 radical (unpaired) electrons. The third kappa shape index (κ3) is 5.05. The standard InChI is InChI=1S/C26H24F4N4O2/c27-23-20(12-21(24(31)33-23)17-5-6-19-18(11-17)7-8-32-25(19)35)15-1-3-16(4-2-15)22-13-34(9-10-36-22)14-26(28,29)30/h1-6,11-12,22H,7-10,13-14H2,(H2,31,33)(H,32,35). The smallest absolute Gasteiger partial charge is 0.383 e. The number of aromatic nitrogens is 1. The number of hydrogen-bond donors (Lipinski definition) is 2. The molecule has 3 aromatic rings. The number of benzene rings is 2. The second-order valence-corrected chi connectivity index (χ2v) is 8.97. The first-order valence-corrected chi connectivity index (χ1v) is 11.6. The van der Waals surface area contributed by atoms with Crippen LogP contribution in [0.2, 0.25) is 0 Å². The summed E-state index contributed by atoms with van der Waals surface area (Å²) < 4.78 is 58.9. The molecule has 5 rings (SSSR count). The molecule has 1 atom stereocenters. The van der Waals surface area contributed by atoms with Crippen molar-refractivity contribution in [3.05, 3.63) is 71.2 Å². The van der Waals surface area contributed by atoms with Gasteiger partial charge in [0.15, 0.2) is 0 Å². The molecule has 1 aromatic heterocycles. The first kappa shape index (κ1) is 24.2. The number of nitrogens with two attached hydrogens (primary N) is 1. The number of carbonyl (C=O) groups excluding carboxylic acids is 1. The van der Waals surface area contributed by atoms with Crippen LogP contribution in [0.25, 0.3) is 22.3 Å². The third-order valence-corrected chi connectivity index (χ3v) is 6.49. The van der Waals surface area contributed by atoms with Crippen LogP contribution in [0.15, 0.2) is 48.5 Å². The van der Waals surface area contributed by atoms with E-state index in [1.807, 2.05) is 6.07 Å². The van der Waals surface area contributed by atoms with Crippen molar-refractivity contribution in [3.8, 4) is 22.3 Å². The summed E-state index contributed by atoms with van der Waals surface area (Å²) >= 11 is 0. The highest BCUT2D eigenvalue weighted by molar-refractivity contribution is 5.97. The summed E-state index contributed by atoms with van der Waals surface area (Å²) in [4.78, 5) is 17.3. The Hall–Kier alpha value is -3.50. The predicted octanol–water partition coefficient (Wildman–Crippen LogP) is 4.36. The first-order valence-electron chi connectivity index (χ1n) is 11.6. The molecule has 0 bridgehead atoms. The fraction of sp³-hybridized carbons (Fsp3) is 0.308. The molecule has 1 amide bonds. The van der Waals surface area contributed by atoms with Gasteiger partial charge in [0, 0.05) is 36.3 Å². The zero-order valence-corrected chi connectivity index (χ0v) is 19.2. The van der Waals surface area contributed by atoms with Gasteiger partial charge in [0.25, 0.3) is 5.91 Å². The lowest BCUT2D eigenvalue weighted by molar-refractivity contribution is -0.159. The number of anilines is 1. The lowest BCUT2D eigenvalue weighted by atomic mass is 9.93. The number of hydrogen-bond acceptors (Lipinski definition) is 5. The zero-order chi connectivity index (χ0) is 25.4. The number of nitrogens with one attached hydrogen (secondary N) is 1. The van der Waals surface area contributed by atoms with E-state index in [0.29, 0.717) is 35.2 Å². The fourth-order valence-electron chi connectivity index (χ4n) is 4.71. The van der Waals surface area contributed by atoms with Gasteiger partial charge in [-0.15, -0.1) is 0 Å². The van der Waals surface area contributed by atoms with Crippen LogP contribution in [0, 0.1) is 5.95 Å². The van der Waals surface area contributed by atoms with Gasteiger partial charge in [0.1, 0.15) is 5.82 Å². The van der Waals surface area contributed by atoms with E-state index in [-0.39, 0.29) is 37.0 Å². The fourth-order valence-corrected chi connectivity index (χ4v) is 4.71. The number of alkyl halides is 3. The van der Waals surface area contributed by atoms with Crippen LogP contribution in [-0.4, -0.2) is 54.8 Å². The normalized spacial score (nSPS) is 18.6. The minimum Gasteiger partial charge on any atom is -0.383 e. The average Bonchev–Trinajstić information content (AvgIpc) is 2.83. The first-order chi connectivity index (χ1) is 17.2.